The maximum Gasteiger partial charge on any atom is 0.250 e. The number of benzene rings is 2. The van der Waals surface area contributed by atoms with Crippen molar-refractivity contribution in [3.63, 3.8) is 0 Å². The number of anilines is 2. The number of hydrogen-bond acceptors (Lipinski definition) is 5. The lowest BCUT2D eigenvalue weighted by molar-refractivity contribution is -0.119. The quantitative estimate of drug-likeness (QED) is 0.595. The van der Waals surface area contributed by atoms with Gasteiger partial charge in [-0.2, -0.15) is 0 Å². The van der Waals surface area contributed by atoms with Crippen molar-refractivity contribution in [2.45, 2.75) is 38.6 Å². The molecule has 0 radical (unpaired) electrons. The van der Waals surface area contributed by atoms with Crippen molar-refractivity contribution in [3.05, 3.63) is 59.7 Å². The number of aryl methyl sites for hydroxylation is 2. The third kappa shape index (κ3) is 4.52. The molecule has 1 fully saturated rings. The SMILES string of the molecule is CCc1ccc(NC(=O)C2C(C)NNC2S(=O)(=O)Nc2ccc(C)cc2)cc1. The predicted octanol–water partition coefficient (Wildman–Crippen LogP) is 2.38. The summed E-state index contributed by atoms with van der Waals surface area (Å²) in [4.78, 5) is 12.9. The zero-order valence-electron chi connectivity index (χ0n) is 16.2. The molecule has 0 saturated carbocycles. The highest BCUT2D eigenvalue weighted by atomic mass is 32.2. The normalized spacial score (nSPS) is 22.0. The van der Waals surface area contributed by atoms with Gasteiger partial charge in [0.25, 0.3) is 10.0 Å². The minimum atomic E-state index is -3.84. The standard InChI is InChI=1S/C20H26N4O3S/c1-4-15-7-11-16(12-8-15)21-19(25)18-14(3)22-23-20(18)28(26,27)24-17-9-5-13(2)6-10-17/h5-12,14,18,20,22-24H,4H2,1-3H3,(H,21,25). The number of carbonyl (C=O) groups excluding carboxylic acids is 1. The Balaban J connectivity index is 1.76. The van der Waals surface area contributed by atoms with Gasteiger partial charge in [0.15, 0.2) is 5.37 Å². The molecule has 3 unspecified atom stereocenters. The summed E-state index contributed by atoms with van der Waals surface area (Å²) in [6, 6.07) is 14.2. The van der Waals surface area contributed by atoms with Crippen LogP contribution in [0.15, 0.2) is 48.5 Å². The molecule has 0 spiro atoms. The van der Waals surface area contributed by atoms with Crippen molar-refractivity contribution in [3.8, 4) is 0 Å². The highest BCUT2D eigenvalue weighted by Gasteiger charge is 2.46. The fourth-order valence-electron chi connectivity index (χ4n) is 3.19. The third-order valence-electron chi connectivity index (χ3n) is 4.90. The minimum Gasteiger partial charge on any atom is -0.326 e. The van der Waals surface area contributed by atoms with E-state index in [0.717, 1.165) is 12.0 Å². The smallest absolute Gasteiger partial charge is 0.250 e. The maximum absolute atomic E-state index is 12.9. The molecule has 2 aromatic carbocycles. The van der Waals surface area contributed by atoms with Gasteiger partial charge in [-0.25, -0.2) is 13.8 Å². The lowest BCUT2D eigenvalue weighted by Gasteiger charge is -2.21. The Morgan fingerprint density at radius 1 is 1.00 bits per heavy atom. The van der Waals surface area contributed by atoms with E-state index in [-0.39, 0.29) is 11.9 Å². The van der Waals surface area contributed by atoms with Crippen LogP contribution in [0.4, 0.5) is 11.4 Å². The van der Waals surface area contributed by atoms with Gasteiger partial charge in [-0.1, -0.05) is 36.8 Å². The summed E-state index contributed by atoms with van der Waals surface area (Å²) in [5.74, 6) is -1.15. The summed E-state index contributed by atoms with van der Waals surface area (Å²) < 4.78 is 28.3. The molecular formula is C20H26N4O3S. The molecule has 1 aliphatic heterocycles. The Bertz CT molecular complexity index is 927. The molecule has 3 atom stereocenters. The van der Waals surface area contributed by atoms with Gasteiger partial charge >= 0.3 is 0 Å². The van der Waals surface area contributed by atoms with Crippen LogP contribution < -0.4 is 20.9 Å². The van der Waals surface area contributed by atoms with E-state index >= 15 is 0 Å². The van der Waals surface area contributed by atoms with Crippen molar-refractivity contribution in [2.75, 3.05) is 10.0 Å². The molecule has 1 saturated heterocycles. The molecular weight excluding hydrogens is 376 g/mol. The van der Waals surface area contributed by atoms with E-state index in [1.807, 2.05) is 43.3 Å². The molecule has 2 aromatic rings. The van der Waals surface area contributed by atoms with Gasteiger partial charge < -0.3 is 5.32 Å². The summed E-state index contributed by atoms with van der Waals surface area (Å²) in [5, 5.41) is 1.73. The van der Waals surface area contributed by atoms with Crippen molar-refractivity contribution in [1.82, 2.24) is 10.9 Å². The van der Waals surface area contributed by atoms with E-state index in [9.17, 15) is 13.2 Å². The Morgan fingerprint density at radius 2 is 1.61 bits per heavy atom. The number of sulfonamides is 1. The van der Waals surface area contributed by atoms with E-state index < -0.39 is 21.3 Å². The Kier molecular flexibility index (Phi) is 6.02. The van der Waals surface area contributed by atoms with Crippen LogP contribution in [-0.4, -0.2) is 25.7 Å². The summed E-state index contributed by atoms with van der Waals surface area (Å²) in [6.45, 7) is 5.76. The van der Waals surface area contributed by atoms with E-state index in [4.69, 9.17) is 0 Å². The number of nitrogens with one attached hydrogen (secondary N) is 4. The van der Waals surface area contributed by atoms with Gasteiger partial charge in [0.1, 0.15) is 0 Å². The van der Waals surface area contributed by atoms with Crippen LogP contribution in [0, 0.1) is 12.8 Å². The predicted molar refractivity (Wildman–Crippen MR) is 111 cm³/mol. The first-order valence-electron chi connectivity index (χ1n) is 9.29. The molecule has 0 aliphatic carbocycles. The zero-order valence-corrected chi connectivity index (χ0v) is 17.0. The summed E-state index contributed by atoms with van der Waals surface area (Å²) >= 11 is 0. The molecule has 1 heterocycles. The van der Waals surface area contributed by atoms with E-state index in [0.29, 0.717) is 11.4 Å². The van der Waals surface area contributed by atoms with E-state index in [1.54, 1.807) is 19.1 Å². The van der Waals surface area contributed by atoms with Crippen molar-refractivity contribution in [2.24, 2.45) is 5.92 Å². The molecule has 8 heteroatoms. The second-order valence-electron chi connectivity index (χ2n) is 7.08. The molecule has 1 amide bonds. The minimum absolute atomic E-state index is 0.352. The van der Waals surface area contributed by atoms with Crippen LogP contribution in [0.25, 0.3) is 0 Å². The van der Waals surface area contributed by atoms with E-state index in [2.05, 4.69) is 27.8 Å². The number of hydrazine groups is 1. The lowest BCUT2D eigenvalue weighted by Crippen LogP contribution is -2.45. The number of rotatable bonds is 6. The Labute approximate surface area is 165 Å². The Morgan fingerprint density at radius 3 is 2.21 bits per heavy atom. The lowest BCUT2D eigenvalue weighted by atomic mass is 10.0. The topological polar surface area (TPSA) is 99.3 Å². The molecule has 28 heavy (non-hydrogen) atoms. The molecule has 150 valence electrons. The van der Waals surface area contributed by atoms with Crippen LogP contribution in [0.1, 0.15) is 25.0 Å². The van der Waals surface area contributed by atoms with Gasteiger partial charge in [-0.05, 0) is 50.1 Å². The van der Waals surface area contributed by atoms with Crippen LogP contribution in [0.2, 0.25) is 0 Å². The average molecular weight is 403 g/mol. The van der Waals surface area contributed by atoms with Gasteiger partial charge in [0, 0.05) is 17.4 Å². The van der Waals surface area contributed by atoms with Crippen molar-refractivity contribution in [1.29, 1.82) is 0 Å². The first-order valence-corrected chi connectivity index (χ1v) is 10.8. The fourth-order valence-corrected chi connectivity index (χ4v) is 4.75. The summed E-state index contributed by atoms with van der Waals surface area (Å²) in [5.41, 5.74) is 8.93. The molecule has 3 rings (SSSR count). The van der Waals surface area contributed by atoms with Crippen molar-refractivity contribution < 1.29 is 13.2 Å². The molecule has 0 bridgehead atoms. The van der Waals surface area contributed by atoms with Gasteiger partial charge in [0.2, 0.25) is 5.91 Å². The monoisotopic (exact) mass is 402 g/mol. The first kappa shape index (κ1) is 20.3. The average Bonchev–Trinajstić information content (AvgIpc) is 3.07. The highest BCUT2D eigenvalue weighted by molar-refractivity contribution is 7.93. The second kappa shape index (κ2) is 8.30. The number of carbonyl (C=O) groups is 1. The third-order valence-corrected chi connectivity index (χ3v) is 6.50. The second-order valence-corrected chi connectivity index (χ2v) is 8.88. The van der Waals surface area contributed by atoms with Crippen molar-refractivity contribution >= 4 is 27.3 Å². The molecule has 0 aromatic heterocycles. The Hall–Kier alpha value is -2.42. The van der Waals surface area contributed by atoms with Crippen LogP contribution in [-0.2, 0) is 21.2 Å². The first-order chi connectivity index (χ1) is 13.3. The highest BCUT2D eigenvalue weighted by Crippen LogP contribution is 2.24. The maximum atomic E-state index is 12.9. The van der Waals surface area contributed by atoms with Gasteiger partial charge in [-0.3, -0.25) is 14.9 Å². The largest absolute Gasteiger partial charge is 0.326 e. The summed E-state index contributed by atoms with van der Waals surface area (Å²) in [7, 11) is -3.84. The van der Waals surface area contributed by atoms with E-state index in [1.165, 1.54) is 5.56 Å². The fraction of sp³-hybridized carbons (Fsp3) is 0.350. The van der Waals surface area contributed by atoms with Gasteiger partial charge in [-0.15, -0.1) is 0 Å². The van der Waals surface area contributed by atoms with Crippen LogP contribution in [0.3, 0.4) is 0 Å². The van der Waals surface area contributed by atoms with Gasteiger partial charge in [0.05, 0.1) is 5.92 Å². The zero-order chi connectivity index (χ0) is 20.3. The van der Waals surface area contributed by atoms with Crippen LogP contribution >= 0.6 is 0 Å². The van der Waals surface area contributed by atoms with Crippen LogP contribution in [0.5, 0.6) is 0 Å². The number of amides is 1. The summed E-state index contributed by atoms with van der Waals surface area (Å²) in [6.07, 6.45) is 0.909. The molecule has 7 nitrogen and oxygen atoms in total. The number of hydrogen-bond donors (Lipinski definition) is 4. The molecule has 1 aliphatic rings. The molecule has 4 N–H and O–H groups in total.